The molecule has 1 saturated carbocycles. The lowest BCUT2D eigenvalue weighted by molar-refractivity contribution is -0.160. The predicted octanol–water partition coefficient (Wildman–Crippen LogP) is 2.08. The van der Waals surface area contributed by atoms with Gasteiger partial charge in [-0.2, -0.15) is 0 Å². The minimum absolute atomic E-state index is 0.0101. The number of carbonyl (C=O) groups is 4. The molecule has 1 aliphatic carbocycles. The van der Waals surface area contributed by atoms with Crippen molar-refractivity contribution < 1.29 is 23.9 Å². The number of urea groups is 1. The van der Waals surface area contributed by atoms with Crippen molar-refractivity contribution in [2.75, 3.05) is 13.6 Å². The lowest BCUT2D eigenvalue weighted by Gasteiger charge is -2.36. The monoisotopic (exact) mass is 415 g/mol. The van der Waals surface area contributed by atoms with E-state index in [0.717, 1.165) is 29.7 Å². The summed E-state index contributed by atoms with van der Waals surface area (Å²) in [5.41, 5.74) is 0.0329. The Kier molecular flexibility index (Phi) is 6.43. The Balaban J connectivity index is 1.56. The van der Waals surface area contributed by atoms with Crippen molar-refractivity contribution in [1.29, 1.82) is 0 Å². The standard InChI is InChI=1S/C22H29N3O5/c1-15-9-7-8-12-22(15)20(28)25(21(29)23-22)14-18(26)30-16(2)19(27)24(3)13-17-10-5-4-6-11-17/h4-6,10-11,15-16H,7-9,12-14H2,1-3H3,(H,23,29)/t15-,16+,22-/m1/s1. The van der Waals surface area contributed by atoms with Crippen molar-refractivity contribution in [1.82, 2.24) is 15.1 Å². The number of imide groups is 1. The van der Waals surface area contributed by atoms with Crippen LogP contribution in [0.1, 0.15) is 45.1 Å². The fourth-order valence-corrected chi connectivity index (χ4v) is 4.30. The second kappa shape index (κ2) is 8.85. The van der Waals surface area contributed by atoms with Gasteiger partial charge in [0.2, 0.25) is 0 Å². The van der Waals surface area contributed by atoms with Crippen LogP contribution in [0.15, 0.2) is 30.3 Å². The van der Waals surface area contributed by atoms with Crippen LogP contribution in [0.3, 0.4) is 0 Å². The zero-order valence-corrected chi connectivity index (χ0v) is 17.7. The van der Waals surface area contributed by atoms with E-state index in [0.29, 0.717) is 13.0 Å². The first-order chi connectivity index (χ1) is 14.2. The summed E-state index contributed by atoms with van der Waals surface area (Å²) >= 11 is 0. The molecule has 0 unspecified atom stereocenters. The van der Waals surface area contributed by atoms with Crippen LogP contribution in [0.4, 0.5) is 4.79 Å². The van der Waals surface area contributed by atoms with Gasteiger partial charge in [-0.1, -0.05) is 50.1 Å². The molecule has 3 atom stereocenters. The van der Waals surface area contributed by atoms with Crippen LogP contribution < -0.4 is 5.32 Å². The topological polar surface area (TPSA) is 96.0 Å². The highest BCUT2D eigenvalue weighted by Crippen LogP contribution is 2.38. The Bertz CT molecular complexity index is 827. The van der Waals surface area contributed by atoms with Crippen LogP contribution in [0.2, 0.25) is 0 Å². The number of ether oxygens (including phenoxy) is 1. The van der Waals surface area contributed by atoms with Crippen LogP contribution in [-0.2, 0) is 25.7 Å². The number of nitrogens with one attached hydrogen (secondary N) is 1. The van der Waals surface area contributed by atoms with Crippen molar-refractivity contribution in [3.8, 4) is 0 Å². The summed E-state index contributed by atoms with van der Waals surface area (Å²) in [6, 6.07) is 8.89. The van der Waals surface area contributed by atoms with Gasteiger partial charge >= 0.3 is 12.0 Å². The van der Waals surface area contributed by atoms with Gasteiger partial charge in [0.25, 0.3) is 11.8 Å². The number of esters is 1. The highest BCUT2D eigenvalue weighted by Gasteiger charge is 2.55. The molecule has 30 heavy (non-hydrogen) atoms. The highest BCUT2D eigenvalue weighted by atomic mass is 16.5. The quantitative estimate of drug-likeness (QED) is 0.567. The lowest BCUT2D eigenvalue weighted by atomic mass is 9.73. The number of hydrogen-bond acceptors (Lipinski definition) is 5. The van der Waals surface area contributed by atoms with Crippen LogP contribution in [0.5, 0.6) is 0 Å². The minimum Gasteiger partial charge on any atom is -0.451 e. The van der Waals surface area contributed by atoms with Crippen LogP contribution >= 0.6 is 0 Å². The average Bonchev–Trinajstić information content (AvgIpc) is 2.95. The minimum atomic E-state index is -1.02. The van der Waals surface area contributed by atoms with Crippen LogP contribution in [0.25, 0.3) is 0 Å². The molecule has 8 nitrogen and oxygen atoms in total. The summed E-state index contributed by atoms with van der Waals surface area (Å²) in [6.07, 6.45) is 2.28. The van der Waals surface area contributed by atoms with Gasteiger partial charge in [-0.3, -0.25) is 19.3 Å². The van der Waals surface area contributed by atoms with Crippen molar-refractivity contribution >= 4 is 23.8 Å². The summed E-state index contributed by atoms with van der Waals surface area (Å²) < 4.78 is 5.23. The van der Waals surface area contributed by atoms with Gasteiger partial charge in [0, 0.05) is 13.6 Å². The van der Waals surface area contributed by atoms with Gasteiger partial charge in [0.1, 0.15) is 12.1 Å². The third kappa shape index (κ3) is 4.32. The zero-order chi connectivity index (χ0) is 21.9. The first-order valence-corrected chi connectivity index (χ1v) is 10.4. The average molecular weight is 415 g/mol. The first kappa shape index (κ1) is 21.8. The van der Waals surface area contributed by atoms with E-state index < -0.39 is 30.2 Å². The number of amides is 4. The fraction of sp³-hybridized carbons (Fsp3) is 0.545. The molecule has 2 fully saturated rings. The molecule has 1 aromatic rings. The van der Waals surface area contributed by atoms with Crippen molar-refractivity contribution in [2.24, 2.45) is 5.92 Å². The molecule has 1 heterocycles. The lowest BCUT2D eigenvalue weighted by Crippen LogP contribution is -2.54. The zero-order valence-electron chi connectivity index (χ0n) is 17.7. The molecule has 2 aliphatic rings. The molecule has 1 spiro atoms. The van der Waals surface area contributed by atoms with E-state index in [1.807, 2.05) is 37.3 Å². The normalized spacial score (nSPS) is 24.5. The number of likely N-dealkylation sites (N-methyl/N-ethyl adjacent to an activating group) is 1. The molecule has 3 rings (SSSR count). The smallest absolute Gasteiger partial charge is 0.327 e. The Morgan fingerprint density at radius 3 is 2.63 bits per heavy atom. The Labute approximate surface area is 176 Å². The number of nitrogens with zero attached hydrogens (tertiary/aromatic N) is 2. The molecule has 1 aliphatic heterocycles. The number of carbonyl (C=O) groups excluding carboxylic acids is 4. The molecule has 162 valence electrons. The molecule has 0 aromatic heterocycles. The SMILES string of the molecule is C[C@H](OC(=O)CN1C(=O)N[C@@]2(CCCC[C@H]2C)C1=O)C(=O)N(C)Cc1ccccc1. The van der Waals surface area contributed by atoms with E-state index in [4.69, 9.17) is 4.74 Å². The Morgan fingerprint density at radius 1 is 1.27 bits per heavy atom. The van der Waals surface area contributed by atoms with Crippen LogP contribution in [0, 0.1) is 5.92 Å². The van der Waals surface area contributed by atoms with Gasteiger partial charge in [-0.15, -0.1) is 0 Å². The summed E-state index contributed by atoms with van der Waals surface area (Å²) in [5.74, 6) is -1.51. The molecule has 1 aromatic carbocycles. The molecular weight excluding hydrogens is 386 g/mol. The number of rotatable bonds is 6. The van der Waals surface area contributed by atoms with Gasteiger partial charge in [0.15, 0.2) is 6.10 Å². The van der Waals surface area contributed by atoms with E-state index in [1.165, 1.54) is 11.8 Å². The van der Waals surface area contributed by atoms with Crippen LogP contribution in [-0.4, -0.2) is 58.8 Å². The molecule has 4 amide bonds. The first-order valence-electron chi connectivity index (χ1n) is 10.4. The Morgan fingerprint density at radius 2 is 1.97 bits per heavy atom. The van der Waals surface area contributed by atoms with Gasteiger partial charge in [0.05, 0.1) is 0 Å². The van der Waals surface area contributed by atoms with E-state index in [9.17, 15) is 19.2 Å². The van der Waals surface area contributed by atoms with Crippen molar-refractivity contribution in [3.05, 3.63) is 35.9 Å². The van der Waals surface area contributed by atoms with Gasteiger partial charge < -0.3 is 15.0 Å². The predicted molar refractivity (Wildman–Crippen MR) is 109 cm³/mol. The van der Waals surface area contributed by atoms with E-state index in [2.05, 4.69) is 5.32 Å². The molecular formula is C22H29N3O5. The van der Waals surface area contributed by atoms with Crippen molar-refractivity contribution in [2.45, 2.75) is 57.7 Å². The fourth-order valence-electron chi connectivity index (χ4n) is 4.30. The maximum absolute atomic E-state index is 12.9. The van der Waals surface area contributed by atoms with E-state index >= 15 is 0 Å². The maximum Gasteiger partial charge on any atom is 0.327 e. The molecule has 1 saturated heterocycles. The molecule has 1 N–H and O–H groups in total. The van der Waals surface area contributed by atoms with E-state index in [-0.39, 0.29) is 17.7 Å². The van der Waals surface area contributed by atoms with Gasteiger partial charge in [-0.05, 0) is 31.2 Å². The maximum atomic E-state index is 12.9. The molecule has 0 radical (unpaired) electrons. The Hall–Kier alpha value is -2.90. The summed E-state index contributed by atoms with van der Waals surface area (Å²) in [4.78, 5) is 52.6. The van der Waals surface area contributed by atoms with E-state index in [1.54, 1.807) is 7.05 Å². The van der Waals surface area contributed by atoms with Gasteiger partial charge in [-0.25, -0.2) is 4.79 Å². The molecule has 8 heteroatoms. The summed E-state index contributed by atoms with van der Waals surface area (Å²) in [5, 5.41) is 2.80. The highest BCUT2D eigenvalue weighted by molar-refractivity contribution is 6.09. The molecule has 0 bridgehead atoms. The second-order valence-corrected chi connectivity index (χ2v) is 8.25. The third-order valence-electron chi connectivity index (χ3n) is 6.08. The largest absolute Gasteiger partial charge is 0.451 e. The van der Waals surface area contributed by atoms with Crippen molar-refractivity contribution in [3.63, 3.8) is 0 Å². The third-order valence-corrected chi connectivity index (χ3v) is 6.08. The number of hydrogen-bond donors (Lipinski definition) is 1. The summed E-state index contributed by atoms with van der Waals surface area (Å²) in [7, 11) is 1.63. The summed E-state index contributed by atoms with van der Waals surface area (Å²) in [6.45, 7) is 3.31. The second-order valence-electron chi connectivity index (χ2n) is 8.25. The number of benzene rings is 1.